The summed E-state index contributed by atoms with van der Waals surface area (Å²) in [6.07, 6.45) is 6.62. The SMILES string of the molecule is C1=CC2(CC1NN=Cc1ccccc1)OCCO2. The maximum absolute atomic E-state index is 5.60. The number of ether oxygens (including phenoxy) is 2. The predicted octanol–water partition coefficient (Wildman–Crippen LogP) is 1.68. The van der Waals surface area contributed by atoms with Crippen molar-refractivity contribution in [3.8, 4) is 0 Å². The van der Waals surface area contributed by atoms with Crippen LogP contribution in [0, 0.1) is 0 Å². The molecule has 0 saturated carbocycles. The first kappa shape index (κ1) is 11.4. The fourth-order valence-electron chi connectivity index (χ4n) is 2.23. The minimum Gasteiger partial charge on any atom is -0.344 e. The van der Waals surface area contributed by atoms with Crippen molar-refractivity contribution in [3.05, 3.63) is 48.0 Å². The second-order valence-corrected chi connectivity index (χ2v) is 4.48. The molecular formula is C14H16N2O2. The Labute approximate surface area is 106 Å². The summed E-state index contributed by atoms with van der Waals surface area (Å²) in [6, 6.07) is 10.2. The van der Waals surface area contributed by atoms with Crippen molar-refractivity contribution in [2.45, 2.75) is 18.2 Å². The largest absolute Gasteiger partial charge is 0.344 e. The summed E-state index contributed by atoms with van der Waals surface area (Å²) in [6.45, 7) is 1.34. The van der Waals surface area contributed by atoms with Crippen LogP contribution < -0.4 is 5.43 Å². The van der Waals surface area contributed by atoms with Gasteiger partial charge in [-0.25, -0.2) is 0 Å². The fourth-order valence-corrected chi connectivity index (χ4v) is 2.23. The summed E-state index contributed by atoms with van der Waals surface area (Å²) in [5.74, 6) is -0.500. The van der Waals surface area contributed by atoms with E-state index in [0.717, 1.165) is 12.0 Å². The van der Waals surface area contributed by atoms with Crippen LogP contribution in [0.3, 0.4) is 0 Å². The minimum atomic E-state index is -0.500. The van der Waals surface area contributed by atoms with E-state index in [2.05, 4.69) is 10.5 Å². The third-order valence-electron chi connectivity index (χ3n) is 3.12. The Morgan fingerprint density at radius 2 is 2.00 bits per heavy atom. The Bertz CT molecular complexity index is 450. The highest BCUT2D eigenvalue weighted by Crippen LogP contribution is 2.31. The van der Waals surface area contributed by atoms with Crippen LogP contribution in [0.4, 0.5) is 0 Å². The van der Waals surface area contributed by atoms with Crippen molar-refractivity contribution in [1.82, 2.24) is 5.43 Å². The van der Waals surface area contributed by atoms with Crippen molar-refractivity contribution in [2.24, 2.45) is 5.10 Å². The quantitative estimate of drug-likeness (QED) is 0.500. The zero-order chi connectivity index (χ0) is 12.3. The fraction of sp³-hybridized carbons (Fsp3) is 0.357. The van der Waals surface area contributed by atoms with Crippen LogP contribution in [0.25, 0.3) is 0 Å². The molecule has 1 aromatic carbocycles. The molecule has 1 N–H and O–H groups in total. The molecular weight excluding hydrogens is 228 g/mol. The second-order valence-electron chi connectivity index (χ2n) is 4.48. The van der Waals surface area contributed by atoms with E-state index < -0.39 is 5.79 Å². The molecule has 1 saturated heterocycles. The van der Waals surface area contributed by atoms with Gasteiger partial charge in [0.05, 0.1) is 25.5 Å². The van der Waals surface area contributed by atoms with Crippen molar-refractivity contribution in [3.63, 3.8) is 0 Å². The van der Waals surface area contributed by atoms with E-state index in [-0.39, 0.29) is 6.04 Å². The Morgan fingerprint density at radius 1 is 1.22 bits per heavy atom. The highest BCUT2D eigenvalue weighted by atomic mass is 16.7. The summed E-state index contributed by atoms with van der Waals surface area (Å²) in [5, 5.41) is 4.24. The van der Waals surface area contributed by atoms with Gasteiger partial charge in [0.1, 0.15) is 0 Å². The molecule has 1 heterocycles. The lowest BCUT2D eigenvalue weighted by Gasteiger charge is -2.20. The van der Waals surface area contributed by atoms with Crippen LogP contribution >= 0.6 is 0 Å². The van der Waals surface area contributed by atoms with Crippen LogP contribution in [0.1, 0.15) is 12.0 Å². The Morgan fingerprint density at radius 3 is 2.78 bits per heavy atom. The molecule has 1 atom stereocenters. The number of hydrogen-bond acceptors (Lipinski definition) is 4. The van der Waals surface area contributed by atoms with Gasteiger partial charge in [0, 0.05) is 6.42 Å². The van der Waals surface area contributed by atoms with Gasteiger partial charge in [0.25, 0.3) is 0 Å². The molecule has 0 amide bonds. The molecule has 1 aliphatic carbocycles. The second kappa shape index (κ2) is 4.92. The van der Waals surface area contributed by atoms with Gasteiger partial charge in [-0.1, -0.05) is 36.4 Å². The molecule has 1 aromatic rings. The number of rotatable bonds is 3. The molecule has 2 aliphatic rings. The summed E-state index contributed by atoms with van der Waals surface area (Å²) < 4.78 is 11.2. The molecule has 4 heteroatoms. The number of hydrazone groups is 1. The van der Waals surface area contributed by atoms with E-state index in [4.69, 9.17) is 9.47 Å². The Balaban J connectivity index is 1.53. The minimum absolute atomic E-state index is 0.170. The number of hydrogen-bond donors (Lipinski definition) is 1. The smallest absolute Gasteiger partial charge is 0.190 e. The normalized spacial score (nSPS) is 25.2. The Hall–Kier alpha value is -1.65. The summed E-state index contributed by atoms with van der Waals surface area (Å²) in [4.78, 5) is 0. The third-order valence-corrected chi connectivity index (χ3v) is 3.12. The first-order chi connectivity index (χ1) is 8.86. The molecule has 1 spiro atoms. The van der Waals surface area contributed by atoms with Crippen LogP contribution in [0.15, 0.2) is 47.6 Å². The average molecular weight is 244 g/mol. The molecule has 94 valence electrons. The molecule has 1 aliphatic heterocycles. The topological polar surface area (TPSA) is 42.9 Å². The van der Waals surface area contributed by atoms with Gasteiger partial charge in [-0.15, -0.1) is 0 Å². The monoisotopic (exact) mass is 244 g/mol. The Kier molecular flexibility index (Phi) is 3.13. The van der Waals surface area contributed by atoms with Crippen LogP contribution in [-0.2, 0) is 9.47 Å². The van der Waals surface area contributed by atoms with E-state index in [1.165, 1.54) is 0 Å². The molecule has 3 rings (SSSR count). The van der Waals surface area contributed by atoms with Crippen molar-refractivity contribution in [1.29, 1.82) is 0 Å². The number of nitrogens with one attached hydrogen (secondary N) is 1. The number of benzene rings is 1. The summed E-state index contributed by atoms with van der Waals surface area (Å²) in [5.41, 5.74) is 4.18. The van der Waals surface area contributed by atoms with Crippen molar-refractivity contribution >= 4 is 6.21 Å². The van der Waals surface area contributed by atoms with Crippen molar-refractivity contribution in [2.75, 3.05) is 13.2 Å². The van der Waals surface area contributed by atoms with E-state index in [0.29, 0.717) is 13.2 Å². The molecule has 18 heavy (non-hydrogen) atoms. The zero-order valence-electron chi connectivity index (χ0n) is 10.1. The lowest BCUT2D eigenvalue weighted by atomic mass is 10.2. The average Bonchev–Trinajstić information content (AvgIpc) is 3.02. The first-order valence-electron chi connectivity index (χ1n) is 6.17. The molecule has 1 unspecified atom stereocenters. The van der Waals surface area contributed by atoms with Crippen molar-refractivity contribution < 1.29 is 9.47 Å². The highest BCUT2D eigenvalue weighted by molar-refractivity contribution is 5.79. The van der Waals surface area contributed by atoms with Crippen LogP contribution in [0.5, 0.6) is 0 Å². The van der Waals surface area contributed by atoms with Gasteiger partial charge in [-0.05, 0) is 11.6 Å². The van der Waals surface area contributed by atoms with Crippen LogP contribution in [-0.4, -0.2) is 31.3 Å². The standard InChI is InChI=1S/C14H16N2O2/c1-2-4-12(5-3-1)11-15-16-13-6-7-14(10-13)17-8-9-18-14/h1-7,11,13,16H,8-10H2. The highest BCUT2D eigenvalue weighted by Gasteiger charge is 2.39. The summed E-state index contributed by atoms with van der Waals surface area (Å²) >= 11 is 0. The molecule has 0 bridgehead atoms. The van der Waals surface area contributed by atoms with E-state index in [1.807, 2.05) is 48.7 Å². The zero-order valence-corrected chi connectivity index (χ0v) is 10.1. The van der Waals surface area contributed by atoms with Crippen LogP contribution in [0.2, 0.25) is 0 Å². The summed E-state index contributed by atoms with van der Waals surface area (Å²) in [7, 11) is 0. The van der Waals surface area contributed by atoms with E-state index >= 15 is 0 Å². The maximum atomic E-state index is 5.60. The number of nitrogens with zero attached hydrogens (tertiary/aromatic N) is 1. The lowest BCUT2D eigenvalue weighted by molar-refractivity contribution is -0.117. The van der Waals surface area contributed by atoms with Gasteiger partial charge < -0.3 is 14.9 Å². The van der Waals surface area contributed by atoms with Gasteiger partial charge in [-0.2, -0.15) is 5.10 Å². The van der Waals surface area contributed by atoms with Gasteiger partial charge in [0.15, 0.2) is 5.79 Å². The molecule has 0 aromatic heterocycles. The first-order valence-corrected chi connectivity index (χ1v) is 6.17. The van der Waals surface area contributed by atoms with E-state index in [1.54, 1.807) is 0 Å². The van der Waals surface area contributed by atoms with Gasteiger partial charge >= 0.3 is 0 Å². The molecule has 1 fully saturated rings. The van der Waals surface area contributed by atoms with Gasteiger partial charge in [-0.3, -0.25) is 0 Å². The molecule has 4 nitrogen and oxygen atoms in total. The van der Waals surface area contributed by atoms with E-state index in [9.17, 15) is 0 Å². The lowest BCUT2D eigenvalue weighted by Crippen LogP contribution is -2.31. The molecule has 0 radical (unpaired) electrons. The maximum Gasteiger partial charge on any atom is 0.190 e. The third kappa shape index (κ3) is 2.44. The van der Waals surface area contributed by atoms with Gasteiger partial charge in [0.2, 0.25) is 0 Å². The predicted molar refractivity (Wildman–Crippen MR) is 69.4 cm³/mol.